The summed E-state index contributed by atoms with van der Waals surface area (Å²) in [4.78, 5) is 91.1. The number of aliphatic hydroxyl groups excluding tert-OH is 1. The van der Waals surface area contributed by atoms with Gasteiger partial charge in [0.05, 0.1) is 6.10 Å². The lowest BCUT2D eigenvalue weighted by Gasteiger charge is -2.35. The average molecular weight is 821 g/mol. The number of unbranched alkanes of at least 4 members (excludes halogenated alkanes) is 1. The maximum absolute atomic E-state index is 14.8. The third-order valence-corrected chi connectivity index (χ3v) is 11.4. The van der Waals surface area contributed by atoms with Gasteiger partial charge in [-0.25, -0.2) is 0 Å². The van der Waals surface area contributed by atoms with Gasteiger partial charge in [-0.3, -0.25) is 28.8 Å². The van der Waals surface area contributed by atoms with Gasteiger partial charge in [0, 0.05) is 42.9 Å². The Morgan fingerprint density at radius 3 is 2.10 bits per heavy atom. The number of nitrogens with two attached hydrogens (primary N) is 1. The molecule has 3 heterocycles. The number of para-hydroxylation sites is 1. The Kier molecular flexibility index (Phi) is 14.4. The van der Waals surface area contributed by atoms with Gasteiger partial charge in [0.1, 0.15) is 35.7 Å². The van der Waals surface area contributed by atoms with Crippen molar-refractivity contribution in [3.05, 3.63) is 108 Å². The number of amides is 6. The van der Waals surface area contributed by atoms with Gasteiger partial charge in [-0.15, -0.1) is 0 Å². The van der Waals surface area contributed by atoms with E-state index in [1.165, 1.54) is 11.8 Å². The summed E-state index contributed by atoms with van der Waals surface area (Å²) in [6.45, 7) is 3.48. The Morgan fingerprint density at radius 1 is 0.750 bits per heavy atom. The highest BCUT2D eigenvalue weighted by Gasteiger charge is 2.44. The fourth-order valence-corrected chi connectivity index (χ4v) is 8.10. The van der Waals surface area contributed by atoms with Gasteiger partial charge in [-0.2, -0.15) is 0 Å². The van der Waals surface area contributed by atoms with Crippen LogP contribution < -0.4 is 32.3 Å². The average Bonchev–Trinajstić information content (AvgIpc) is 3.90. The number of aromatic nitrogens is 1. The molecule has 0 saturated carbocycles. The summed E-state index contributed by atoms with van der Waals surface area (Å²) in [5, 5.41) is 25.8. The van der Waals surface area contributed by atoms with Crippen LogP contribution >= 0.6 is 0 Å². The van der Waals surface area contributed by atoms with Crippen LogP contribution in [-0.4, -0.2) is 105 Å². The lowest BCUT2D eigenvalue weighted by molar-refractivity contribution is -0.144. The van der Waals surface area contributed by atoms with E-state index in [0.29, 0.717) is 32.2 Å². The largest absolute Gasteiger partial charge is 0.391 e. The Balaban J connectivity index is 1.42. The molecule has 6 rings (SSSR count). The molecule has 1 aromatic heterocycles. The van der Waals surface area contributed by atoms with E-state index >= 15 is 0 Å². The number of H-pyrrole nitrogens is 1. The van der Waals surface area contributed by atoms with Gasteiger partial charge >= 0.3 is 0 Å². The second-order valence-corrected chi connectivity index (χ2v) is 16.1. The van der Waals surface area contributed by atoms with Crippen LogP contribution in [0.15, 0.2) is 91.1 Å². The van der Waals surface area contributed by atoms with E-state index < -0.39 is 77.3 Å². The van der Waals surface area contributed by atoms with Crippen molar-refractivity contribution in [3.8, 4) is 0 Å². The van der Waals surface area contributed by atoms with Crippen LogP contribution in [0.25, 0.3) is 10.9 Å². The number of nitrogens with zero attached hydrogens (tertiary/aromatic N) is 1. The van der Waals surface area contributed by atoms with Crippen molar-refractivity contribution in [1.29, 1.82) is 0 Å². The first-order chi connectivity index (χ1) is 28.9. The Hall–Kier alpha value is -6.06. The van der Waals surface area contributed by atoms with Gasteiger partial charge in [-0.05, 0) is 75.3 Å². The van der Waals surface area contributed by atoms with Crippen molar-refractivity contribution in [1.82, 2.24) is 36.5 Å². The predicted octanol–water partition coefficient (Wildman–Crippen LogP) is 1.52. The minimum absolute atomic E-state index is 0.0144. The molecule has 7 atom stereocenters. The molecule has 2 fully saturated rings. The standard InChI is InChI=1S/C45H56N8O7/c1-28(54)38-42(58)49-36(24-29-14-5-3-6-15-29)43(59)53-23-13-21-37(53)41(57)52-45(2,26-30-16-7-4-8-17-30)44(60)50-35(25-31-27-47-33-19-10-9-18-32(31)33)40(56)48-34(39(55)51-38)20-11-12-22-46/h3-10,14-19,27-28,34-38,47,54H,11-13,20-26,46H2,1-2H3,(H,48,56)(H,49,58)(H,50,60)(H,51,55)(H,52,57)/t28-,34+,35-,36+,37+,38+,45+/m1/s1. The maximum atomic E-state index is 14.8. The summed E-state index contributed by atoms with van der Waals surface area (Å²) in [5.74, 6) is -3.98. The number of fused-ring (bicyclic) bond motifs is 2. The van der Waals surface area contributed by atoms with Crippen molar-refractivity contribution in [2.75, 3.05) is 13.1 Å². The number of carbonyl (C=O) groups is 6. The smallest absolute Gasteiger partial charge is 0.246 e. The maximum Gasteiger partial charge on any atom is 0.246 e. The fourth-order valence-electron chi connectivity index (χ4n) is 8.10. The van der Waals surface area contributed by atoms with Crippen molar-refractivity contribution >= 4 is 46.3 Å². The summed E-state index contributed by atoms with van der Waals surface area (Å²) in [7, 11) is 0. The lowest BCUT2D eigenvalue weighted by atomic mass is 9.90. The molecular weight excluding hydrogens is 765 g/mol. The van der Waals surface area contributed by atoms with Crippen LogP contribution in [0, 0.1) is 0 Å². The molecule has 0 bridgehead atoms. The zero-order valence-corrected chi connectivity index (χ0v) is 34.1. The molecule has 0 spiro atoms. The molecule has 318 valence electrons. The highest BCUT2D eigenvalue weighted by molar-refractivity contribution is 6.00. The van der Waals surface area contributed by atoms with E-state index in [1.807, 2.05) is 60.7 Å². The van der Waals surface area contributed by atoms with Crippen molar-refractivity contribution < 1.29 is 33.9 Å². The lowest BCUT2D eigenvalue weighted by Crippen LogP contribution is -2.66. The van der Waals surface area contributed by atoms with E-state index in [4.69, 9.17) is 5.73 Å². The highest BCUT2D eigenvalue weighted by Crippen LogP contribution is 2.24. The summed E-state index contributed by atoms with van der Waals surface area (Å²) in [6.07, 6.45) is 2.36. The molecule has 9 N–H and O–H groups in total. The number of aromatic amines is 1. The minimum Gasteiger partial charge on any atom is -0.391 e. The van der Waals surface area contributed by atoms with Crippen LogP contribution in [0.5, 0.6) is 0 Å². The second-order valence-electron chi connectivity index (χ2n) is 16.1. The monoisotopic (exact) mass is 820 g/mol. The van der Waals surface area contributed by atoms with Gasteiger partial charge in [-0.1, -0.05) is 78.9 Å². The van der Waals surface area contributed by atoms with Crippen molar-refractivity contribution in [2.24, 2.45) is 5.73 Å². The van der Waals surface area contributed by atoms with Gasteiger partial charge in [0.2, 0.25) is 35.4 Å². The first kappa shape index (κ1) is 43.5. The Labute approximate surface area is 349 Å². The molecule has 0 radical (unpaired) electrons. The summed E-state index contributed by atoms with van der Waals surface area (Å²) >= 11 is 0. The number of nitrogens with one attached hydrogen (secondary N) is 6. The van der Waals surface area contributed by atoms with E-state index in [1.54, 1.807) is 37.4 Å². The normalized spacial score (nSPS) is 25.3. The van der Waals surface area contributed by atoms with Crippen LogP contribution in [0.2, 0.25) is 0 Å². The van der Waals surface area contributed by atoms with Gasteiger partial charge in [0.15, 0.2) is 0 Å². The van der Waals surface area contributed by atoms with Crippen molar-refractivity contribution in [3.63, 3.8) is 0 Å². The molecular formula is C45H56N8O7. The number of hydrogen-bond acceptors (Lipinski definition) is 8. The summed E-state index contributed by atoms with van der Waals surface area (Å²) < 4.78 is 0. The Bertz CT molecular complexity index is 2140. The molecule has 15 heteroatoms. The molecule has 0 aliphatic carbocycles. The van der Waals surface area contributed by atoms with Gasteiger partial charge in [0.25, 0.3) is 0 Å². The third kappa shape index (κ3) is 10.6. The number of aliphatic hydroxyl groups is 1. The zero-order valence-electron chi connectivity index (χ0n) is 34.1. The Morgan fingerprint density at radius 2 is 1.40 bits per heavy atom. The summed E-state index contributed by atoms with van der Waals surface area (Å²) in [6, 6.07) is 19.6. The van der Waals surface area contributed by atoms with E-state index in [2.05, 4.69) is 31.6 Å². The second kappa shape index (κ2) is 19.8. The van der Waals surface area contributed by atoms with E-state index in [9.17, 15) is 33.9 Å². The third-order valence-electron chi connectivity index (χ3n) is 11.4. The molecule has 2 aliphatic heterocycles. The molecule has 15 nitrogen and oxygen atoms in total. The summed E-state index contributed by atoms with van der Waals surface area (Å²) in [5.41, 5.74) is 7.18. The molecule has 6 amide bonds. The topological polar surface area (TPSA) is 228 Å². The quantitative estimate of drug-likeness (QED) is 0.103. The van der Waals surface area contributed by atoms with E-state index in [-0.39, 0.29) is 32.2 Å². The van der Waals surface area contributed by atoms with Crippen LogP contribution in [0.3, 0.4) is 0 Å². The zero-order chi connectivity index (χ0) is 42.8. The van der Waals surface area contributed by atoms with Crippen molar-refractivity contribution in [2.45, 2.75) is 107 Å². The molecule has 2 aliphatic rings. The molecule has 4 aromatic rings. The van der Waals surface area contributed by atoms with Crippen LogP contribution in [-0.2, 0) is 48.0 Å². The van der Waals surface area contributed by atoms with Gasteiger partial charge < -0.3 is 47.3 Å². The van der Waals surface area contributed by atoms with Crippen LogP contribution in [0.4, 0.5) is 0 Å². The SMILES string of the molecule is C[C@@H](O)[C@@H]1NC(=O)[C@H](CCCCN)NC(=O)[C@@H](Cc2c[nH]c3ccccc23)NC(=O)[C@](C)(Cc2ccccc2)NC(=O)[C@@H]2CCCN2C(=O)[C@H](Cc2ccccc2)NC1=O. The number of hydrogen-bond donors (Lipinski definition) is 8. The number of carbonyl (C=O) groups excluding carboxylic acids is 6. The number of benzene rings is 3. The minimum atomic E-state index is -1.63. The first-order valence-electron chi connectivity index (χ1n) is 20.7. The van der Waals surface area contributed by atoms with Crippen LogP contribution in [0.1, 0.15) is 62.6 Å². The number of rotatable bonds is 11. The van der Waals surface area contributed by atoms with E-state index in [0.717, 1.165) is 27.6 Å². The molecule has 60 heavy (non-hydrogen) atoms. The molecule has 3 aromatic carbocycles. The fraction of sp³-hybridized carbons (Fsp3) is 0.422. The first-order valence-corrected chi connectivity index (χ1v) is 20.7. The highest BCUT2D eigenvalue weighted by atomic mass is 16.3. The molecule has 2 saturated heterocycles. The molecule has 0 unspecified atom stereocenters. The predicted molar refractivity (Wildman–Crippen MR) is 226 cm³/mol.